The van der Waals surface area contributed by atoms with Gasteiger partial charge < -0.3 is 5.32 Å². The Labute approximate surface area is 187 Å². The predicted molar refractivity (Wildman–Crippen MR) is 124 cm³/mol. The summed E-state index contributed by atoms with van der Waals surface area (Å²) in [5.74, 6) is 1.95. The number of nitrogens with zero attached hydrogens (tertiary/aromatic N) is 3. The van der Waals surface area contributed by atoms with E-state index in [2.05, 4.69) is 30.9 Å². The number of rotatable bonds is 8. The second-order valence-corrected chi connectivity index (χ2v) is 9.46. The Morgan fingerprint density at radius 3 is 2.74 bits per heavy atom. The highest BCUT2D eigenvalue weighted by Crippen LogP contribution is 2.30. The number of carbonyl (C=O) groups is 1. The molecule has 1 aromatic carbocycles. The van der Waals surface area contributed by atoms with Crippen molar-refractivity contribution in [3.63, 3.8) is 0 Å². The van der Waals surface area contributed by atoms with Crippen LogP contribution >= 0.6 is 11.3 Å². The molecule has 1 fully saturated rings. The molecule has 0 aliphatic heterocycles. The summed E-state index contributed by atoms with van der Waals surface area (Å²) in [5, 5.41) is 5.61. The number of carbonyl (C=O) groups excluding carboxylic acids is 1. The molecule has 2 N–H and O–H groups in total. The number of hydrogen-bond acceptors (Lipinski definition) is 6. The van der Waals surface area contributed by atoms with Gasteiger partial charge in [0.15, 0.2) is 5.13 Å². The smallest absolute Gasteiger partial charge is 0.233 e. The molecule has 31 heavy (non-hydrogen) atoms. The van der Waals surface area contributed by atoms with Crippen molar-refractivity contribution in [1.29, 1.82) is 0 Å². The van der Waals surface area contributed by atoms with Crippen molar-refractivity contribution in [1.82, 2.24) is 15.0 Å². The highest BCUT2D eigenvalue weighted by Gasteiger charge is 2.29. The molecule has 0 spiro atoms. The van der Waals surface area contributed by atoms with Crippen molar-refractivity contribution in [3.05, 3.63) is 53.4 Å². The van der Waals surface area contributed by atoms with Crippen molar-refractivity contribution in [2.45, 2.75) is 37.4 Å². The summed E-state index contributed by atoms with van der Waals surface area (Å²) in [6.07, 6.45) is 11.1. The molecule has 1 aliphatic carbocycles. The summed E-state index contributed by atoms with van der Waals surface area (Å²) < 4.78 is 15.0. The highest BCUT2D eigenvalue weighted by atomic mass is 32.2. The molecule has 1 aliphatic rings. The van der Waals surface area contributed by atoms with Gasteiger partial charge in [0.2, 0.25) is 5.91 Å². The van der Waals surface area contributed by atoms with Crippen LogP contribution < -0.4 is 10.0 Å². The molecule has 2 unspecified atom stereocenters. The lowest BCUT2D eigenvalue weighted by molar-refractivity contribution is -0.117. The fourth-order valence-electron chi connectivity index (χ4n) is 3.00. The van der Waals surface area contributed by atoms with Crippen molar-refractivity contribution >= 4 is 39.0 Å². The van der Waals surface area contributed by atoms with Gasteiger partial charge in [-0.1, -0.05) is 19.1 Å². The van der Waals surface area contributed by atoms with Gasteiger partial charge in [-0.05, 0) is 37.3 Å². The van der Waals surface area contributed by atoms with Gasteiger partial charge in [-0.2, -0.15) is 0 Å². The monoisotopic (exact) mass is 451 g/mol. The fraction of sp³-hybridized carbons (Fsp3) is 0.273. The van der Waals surface area contributed by atoms with Gasteiger partial charge >= 0.3 is 0 Å². The minimum atomic E-state index is -1.10. The molecule has 158 valence electrons. The van der Waals surface area contributed by atoms with Crippen LogP contribution in [0.15, 0.2) is 42.0 Å². The number of benzene rings is 1. The molecule has 0 radical (unpaired) electrons. The standard InChI is InChI=1S/C22H21N5O2S2/c1-3-15-11-23-12-19(24-15)14-5-7-16(8-6-14)25-21(28)18(4-2)20-13-30-22(26-20)27-31(29)17-9-10-17/h1,5-8,11-13,17-18H,4,9-10H2,2H3,(H,25,28)(H,26,27). The van der Waals surface area contributed by atoms with Crippen LogP contribution in [0.5, 0.6) is 0 Å². The maximum atomic E-state index is 12.9. The van der Waals surface area contributed by atoms with E-state index in [9.17, 15) is 9.00 Å². The van der Waals surface area contributed by atoms with E-state index in [1.54, 1.807) is 6.20 Å². The van der Waals surface area contributed by atoms with E-state index in [0.29, 0.717) is 34.3 Å². The first kappa shape index (κ1) is 21.2. The molecule has 9 heteroatoms. The fourth-order valence-corrected chi connectivity index (χ4v) is 5.00. The zero-order valence-electron chi connectivity index (χ0n) is 16.9. The van der Waals surface area contributed by atoms with Crippen LogP contribution in [0, 0.1) is 12.3 Å². The van der Waals surface area contributed by atoms with Crippen LogP contribution in [0.25, 0.3) is 11.3 Å². The first-order chi connectivity index (χ1) is 15.1. The van der Waals surface area contributed by atoms with Crippen molar-refractivity contribution in [2.75, 3.05) is 10.0 Å². The topological polar surface area (TPSA) is 96.9 Å². The van der Waals surface area contributed by atoms with E-state index in [1.807, 2.05) is 36.6 Å². The normalized spacial score (nSPS) is 15.0. The zero-order valence-corrected chi connectivity index (χ0v) is 18.5. The Morgan fingerprint density at radius 2 is 2.06 bits per heavy atom. The Kier molecular flexibility index (Phi) is 6.39. The van der Waals surface area contributed by atoms with Gasteiger partial charge in [0.25, 0.3) is 0 Å². The molecule has 3 aromatic rings. The van der Waals surface area contributed by atoms with Gasteiger partial charge in [0, 0.05) is 16.6 Å². The van der Waals surface area contributed by atoms with Crippen LogP contribution in [-0.4, -0.2) is 30.3 Å². The average molecular weight is 452 g/mol. The van der Waals surface area contributed by atoms with Gasteiger partial charge in [0.05, 0.1) is 34.9 Å². The second kappa shape index (κ2) is 9.37. The first-order valence-electron chi connectivity index (χ1n) is 9.90. The number of anilines is 2. The lowest BCUT2D eigenvalue weighted by Crippen LogP contribution is -2.21. The van der Waals surface area contributed by atoms with Crippen LogP contribution in [0.1, 0.15) is 43.5 Å². The lowest BCUT2D eigenvalue weighted by atomic mass is 10.0. The van der Waals surface area contributed by atoms with Crippen molar-refractivity contribution in [3.8, 4) is 23.6 Å². The van der Waals surface area contributed by atoms with Crippen LogP contribution in [0.3, 0.4) is 0 Å². The van der Waals surface area contributed by atoms with E-state index >= 15 is 0 Å². The minimum Gasteiger partial charge on any atom is -0.326 e. The lowest BCUT2D eigenvalue weighted by Gasteiger charge is -2.13. The molecule has 1 saturated carbocycles. The average Bonchev–Trinajstić information content (AvgIpc) is 3.55. The number of hydrogen-bond donors (Lipinski definition) is 2. The molecule has 0 saturated heterocycles. The molecule has 7 nitrogen and oxygen atoms in total. The van der Waals surface area contributed by atoms with E-state index < -0.39 is 11.0 Å². The highest BCUT2D eigenvalue weighted by molar-refractivity contribution is 7.87. The summed E-state index contributed by atoms with van der Waals surface area (Å²) in [5.41, 5.74) is 3.35. The zero-order chi connectivity index (χ0) is 21.8. The van der Waals surface area contributed by atoms with Crippen LogP contribution in [0.2, 0.25) is 0 Å². The maximum absolute atomic E-state index is 12.9. The largest absolute Gasteiger partial charge is 0.326 e. The Hall–Kier alpha value is -3.09. The second-order valence-electron chi connectivity index (χ2n) is 7.14. The molecule has 0 bridgehead atoms. The van der Waals surface area contributed by atoms with Crippen molar-refractivity contribution in [2.24, 2.45) is 0 Å². The number of thiazole rings is 1. The molecular weight excluding hydrogens is 430 g/mol. The first-order valence-corrected chi connectivity index (χ1v) is 12.0. The van der Waals surface area contributed by atoms with Gasteiger partial charge in [-0.15, -0.1) is 17.8 Å². The molecular formula is C22H21N5O2S2. The predicted octanol–water partition coefficient (Wildman–Crippen LogP) is 3.95. The van der Waals surface area contributed by atoms with E-state index in [-0.39, 0.29) is 17.1 Å². The number of terminal acetylenes is 1. The van der Waals surface area contributed by atoms with Gasteiger partial charge in [0.1, 0.15) is 16.7 Å². The summed E-state index contributed by atoms with van der Waals surface area (Å²) in [6, 6.07) is 7.35. The third kappa shape index (κ3) is 5.16. The Balaban J connectivity index is 1.42. The third-order valence-corrected chi connectivity index (χ3v) is 7.23. The molecule has 1 amide bonds. The minimum absolute atomic E-state index is 0.135. The Bertz CT molecular complexity index is 1150. The summed E-state index contributed by atoms with van der Waals surface area (Å²) in [6.45, 7) is 1.94. The number of amides is 1. The number of nitrogens with one attached hydrogen (secondary N) is 2. The summed E-state index contributed by atoms with van der Waals surface area (Å²) >= 11 is 1.37. The molecule has 2 atom stereocenters. The summed E-state index contributed by atoms with van der Waals surface area (Å²) in [7, 11) is -1.10. The molecule has 4 rings (SSSR count). The van der Waals surface area contributed by atoms with Crippen LogP contribution in [-0.2, 0) is 15.8 Å². The quantitative estimate of drug-likeness (QED) is 0.506. The SMILES string of the molecule is C#Cc1cncc(-c2ccc(NC(=O)C(CC)c3csc(NS(=O)C4CC4)n3)cc2)n1. The third-order valence-electron chi connectivity index (χ3n) is 4.85. The molecule has 2 heterocycles. The number of aromatic nitrogens is 3. The van der Waals surface area contributed by atoms with Crippen molar-refractivity contribution < 1.29 is 9.00 Å². The van der Waals surface area contributed by atoms with Gasteiger partial charge in [-0.3, -0.25) is 14.5 Å². The van der Waals surface area contributed by atoms with E-state index in [4.69, 9.17) is 6.42 Å². The van der Waals surface area contributed by atoms with Gasteiger partial charge in [-0.25, -0.2) is 14.2 Å². The van der Waals surface area contributed by atoms with Crippen LogP contribution in [0.4, 0.5) is 10.8 Å². The maximum Gasteiger partial charge on any atom is 0.233 e. The Morgan fingerprint density at radius 1 is 1.29 bits per heavy atom. The molecule has 2 aromatic heterocycles. The van der Waals surface area contributed by atoms with E-state index in [1.165, 1.54) is 17.5 Å². The summed E-state index contributed by atoms with van der Waals surface area (Å²) in [4.78, 5) is 25.8. The van der Waals surface area contributed by atoms with E-state index in [0.717, 1.165) is 18.4 Å².